The van der Waals surface area contributed by atoms with Crippen molar-refractivity contribution in [2.24, 2.45) is 0 Å². The summed E-state index contributed by atoms with van der Waals surface area (Å²) < 4.78 is 5.12. The van der Waals surface area contributed by atoms with Crippen LogP contribution in [-0.4, -0.2) is 47.2 Å². The van der Waals surface area contributed by atoms with E-state index in [-0.39, 0.29) is 5.54 Å². The highest BCUT2D eigenvalue weighted by molar-refractivity contribution is 4.86. The monoisotopic (exact) mass is 217 g/mol. The molecule has 90 valence electrons. The predicted molar refractivity (Wildman–Crippen MR) is 58.8 cm³/mol. The van der Waals surface area contributed by atoms with Crippen molar-refractivity contribution in [2.75, 3.05) is 19.8 Å². The number of hydrogen-bond donors (Lipinski definition) is 3. The molecular weight excluding hydrogens is 194 g/mol. The van der Waals surface area contributed by atoms with Crippen LogP contribution in [0, 0.1) is 0 Å². The summed E-state index contributed by atoms with van der Waals surface area (Å²) in [6, 6.07) is 0. The van der Waals surface area contributed by atoms with E-state index >= 15 is 0 Å². The van der Waals surface area contributed by atoms with Gasteiger partial charge in [0.25, 0.3) is 0 Å². The number of aliphatic hydroxyl groups is 2. The van der Waals surface area contributed by atoms with E-state index in [1.165, 1.54) is 0 Å². The maximum absolute atomic E-state index is 9.98. The Kier molecular flexibility index (Phi) is 4.12. The summed E-state index contributed by atoms with van der Waals surface area (Å²) in [7, 11) is 0. The molecule has 4 heteroatoms. The zero-order valence-electron chi connectivity index (χ0n) is 9.92. The van der Waals surface area contributed by atoms with Crippen LogP contribution in [0.1, 0.15) is 33.6 Å². The molecule has 0 aromatic carbocycles. The Bertz CT molecular complexity index is 194. The average Bonchev–Trinajstić information content (AvgIpc) is 2.47. The number of hydrogen-bond acceptors (Lipinski definition) is 4. The van der Waals surface area contributed by atoms with Gasteiger partial charge in [-0.15, -0.1) is 0 Å². The Labute approximate surface area is 91.6 Å². The van der Waals surface area contributed by atoms with E-state index in [4.69, 9.17) is 4.74 Å². The minimum Gasteiger partial charge on any atom is -0.392 e. The lowest BCUT2D eigenvalue weighted by Gasteiger charge is -2.27. The Morgan fingerprint density at radius 3 is 2.60 bits per heavy atom. The van der Waals surface area contributed by atoms with Gasteiger partial charge in [0.05, 0.1) is 18.3 Å². The van der Waals surface area contributed by atoms with Gasteiger partial charge in [-0.05, 0) is 20.8 Å². The van der Waals surface area contributed by atoms with Crippen LogP contribution in [0.25, 0.3) is 0 Å². The van der Waals surface area contributed by atoms with E-state index in [0.29, 0.717) is 32.6 Å². The van der Waals surface area contributed by atoms with Gasteiger partial charge in [0, 0.05) is 31.5 Å². The third-order valence-corrected chi connectivity index (χ3v) is 2.57. The van der Waals surface area contributed by atoms with Crippen LogP contribution in [-0.2, 0) is 4.74 Å². The maximum Gasteiger partial charge on any atom is 0.0927 e. The van der Waals surface area contributed by atoms with Crippen LogP contribution >= 0.6 is 0 Å². The SMILES string of the molecule is CC(C)(C)NCC(O)CC1(O)CCOC1. The van der Waals surface area contributed by atoms with Gasteiger partial charge >= 0.3 is 0 Å². The smallest absolute Gasteiger partial charge is 0.0927 e. The number of ether oxygens (including phenoxy) is 1. The molecule has 3 N–H and O–H groups in total. The third kappa shape index (κ3) is 4.93. The molecule has 4 nitrogen and oxygen atoms in total. The Morgan fingerprint density at radius 1 is 1.47 bits per heavy atom. The molecule has 2 atom stereocenters. The summed E-state index contributed by atoms with van der Waals surface area (Å²) in [5.41, 5.74) is -0.825. The van der Waals surface area contributed by atoms with Crippen molar-refractivity contribution in [1.82, 2.24) is 5.32 Å². The van der Waals surface area contributed by atoms with Gasteiger partial charge in [0.15, 0.2) is 0 Å². The van der Waals surface area contributed by atoms with Gasteiger partial charge in [-0.3, -0.25) is 0 Å². The molecule has 0 aromatic rings. The quantitative estimate of drug-likeness (QED) is 0.633. The lowest BCUT2D eigenvalue weighted by molar-refractivity contribution is -0.0175. The van der Waals surface area contributed by atoms with Crippen LogP contribution in [0.3, 0.4) is 0 Å². The van der Waals surface area contributed by atoms with Crippen molar-refractivity contribution in [1.29, 1.82) is 0 Å². The first-order valence-corrected chi connectivity index (χ1v) is 5.54. The number of β-amino-alcohol motifs (C(OH)–C–C–N with tert-alkyl or cyclic N) is 1. The highest BCUT2D eigenvalue weighted by atomic mass is 16.5. The molecule has 2 unspecified atom stereocenters. The average molecular weight is 217 g/mol. The zero-order valence-corrected chi connectivity index (χ0v) is 9.92. The largest absolute Gasteiger partial charge is 0.392 e. The van der Waals surface area contributed by atoms with E-state index < -0.39 is 11.7 Å². The fourth-order valence-corrected chi connectivity index (χ4v) is 1.69. The van der Waals surface area contributed by atoms with Crippen molar-refractivity contribution >= 4 is 0 Å². The lowest BCUT2D eigenvalue weighted by Crippen LogP contribution is -2.44. The topological polar surface area (TPSA) is 61.7 Å². The molecule has 1 rings (SSSR count). The number of nitrogens with one attached hydrogen (secondary N) is 1. The van der Waals surface area contributed by atoms with Gasteiger partial charge in [-0.2, -0.15) is 0 Å². The molecule has 1 aliphatic rings. The molecule has 0 saturated carbocycles. The molecular formula is C11H23NO3. The molecule has 1 aliphatic heterocycles. The van der Waals surface area contributed by atoms with E-state index in [2.05, 4.69) is 5.32 Å². The van der Waals surface area contributed by atoms with Gasteiger partial charge in [-0.1, -0.05) is 0 Å². The second-order valence-electron chi connectivity index (χ2n) is 5.52. The molecule has 1 saturated heterocycles. The molecule has 15 heavy (non-hydrogen) atoms. The Morgan fingerprint density at radius 2 is 2.13 bits per heavy atom. The van der Waals surface area contributed by atoms with Crippen molar-refractivity contribution in [3.8, 4) is 0 Å². The number of aliphatic hydroxyl groups excluding tert-OH is 1. The van der Waals surface area contributed by atoms with Crippen molar-refractivity contribution < 1.29 is 14.9 Å². The highest BCUT2D eigenvalue weighted by Gasteiger charge is 2.34. The predicted octanol–water partition coefficient (Wildman–Crippen LogP) is 0.277. The molecule has 1 heterocycles. The minimum absolute atomic E-state index is 0.00419. The van der Waals surface area contributed by atoms with Crippen LogP contribution in [0.2, 0.25) is 0 Å². The lowest BCUT2D eigenvalue weighted by atomic mass is 9.95. The first-order chi connectivity index (χ1) is 6.81. The molecule has 1 fully saturated rings. The van der Waals surface area contributed by atoms with Gasteiger partial charge in [0.2, 0.25) is 0 Å². The molecule has 0 aliphatic carbocycles. The summed E-state index contributed by atoms with van der Waals surface area (Å²) in [6.07, 6.45) is 0.492. The summed E-state index contributed by atoms with van der Waals surface area (Å²) in [5, 5.41) is 22.9. The first kappa shape index (κ1) is 12.9. The van der Waals surface area contributed by atoms with E-state index in [1.807, 2.05) is 20.8 Å². The summed E-state index contributed by atoms with van der Waals surface area (Å²) >= 11 is 0. The Hall–Kier alpha value is -0.160. The third-order valence-electron chi connectivity index (χ3n) is 2.57. The van der Waals surface area contributed by atoms with Crippen LogP contribution in [0.5, 0.6) is 0 Å². The molecule has 0 spiro atoms. The Balaban J connectivity index is 2.26. The molecule has 0 amide bonds. The van der Waals surface area contributed by atoms with Gasteiger partial charge in [-0.25, -0.2) is 0 Å². The second kappa shape index (κ2) is 4.78. The first-order valence-electron chi connectivity index (χ1n) is 5.54. The second-order valence-corrected chi connectivity index (χ2v) is 5.52. The van der Waals surface area contributed by atoms with Crippen LogP contribution in [0.15, 0.2) is 0 Å². The maximum atomic E-state index is 9.98. The molecule has 0 aromatic heterocycles. The van der Waals surface area contributed by atoms with Crippen LogP contribution in [0.4, 0.5) is 0 Å². The van der Waals surface area contributed by atoms with Crippen molar-refractivity contribution in [3.63, 3.8) is 0 Å². The zero-order chi connectivity index (χ0) is 11.5. The fraction of sp³-hybridized carbons (Fsp3) is 1.00. The summed E-state index contributed by atoms with van der Waals surface area (Å²) in [4.78, 5) is 0. The molecule has 0 bridgehead atoms. The fourth-order valence-electron chi connectivity index (χ4n) is 1.69. The number of rotatable bonds is 4. The van der Waals surface area contributed by atoms with E-state index in [1.54, 1.807) is 0 Å². The van der Waals surface area contributed by atoms with Crippen LogP contribution < -0.4 is 5.32 Å². The highest BCUT2D eigenvalue weighted by Crippen LogP contribution is 2.23. The van der Waals surface area contributed by atoms with Gasteiger partial charge in [0.1, 0.15) is 0 Å². The normalized spacial score (nSPS) is 29.4. The minimum atomic E-state index is -0.820. The van der Waals surface area contributed by atoms with E-state index in [9.17, 15) is 10.2 Å². The van der Waals surface area contributed by atoms with Crippen molar-refractivity contribution in [3.05, 3.63) is 0 Å². The van der Waals surface area contributed by atoms with Gasteiger partial charge < -0.3 is 20.3 Å². The van der Waals surface area contributed by atoms with E-state index in [0.717, 1.165) is 0 Å². The molecule has 0 radical (unpaired) electrons. The summed E-state index contributed by atoms with van der Waals surface area (Å²) in [5.74, 6) is 0. The van der Waals surface area contributed by atoms with Crippen molar-refractivity contribution in [2.45, 2.75) is 50.9 Å². The standard InChI is InChI=1S/C11H23NO3/c1-10(2,3)12-7-9(13)6-11(14)4-5-15-8-11/h9,12-14H,4-8H2,1-3H3. The summed E-state index contributed by atoms with van der Waals surface area (Å²) in [6.45, 7) is 7.59.